The summed E-state index contributed by atoms with van der Waals surface area (Å²) in [7, 11) is 0. The molecule has 0 saturated heterocycles. The molecule has 0 aliphatic carbocycles. The number of carbonyl (C=O) groups is 1. The van der Waals surface area contributed by atoms with Crippen molar-refractivity contribution in [3.05, 3.63) is 64.1 Å². The van der Waals surface area contributed by atoms with E-state index in [9.17, 15) is 4.79 Å². The Morgan fingerprint density at radius 2 is 1.75 bits per heavy atom. The molecule has 0 spiro atoms. The predicted octanol–water partition coefficient (Wildman–Crippen LogP) is 4.67. The average Bonchev–Trinajstić information content (AvgIpc) is 2.43. The molecule has 0 aliphatic heterocycles. The van der Waals surface area contributed by atoms with Gasteiger partial charge in [0.25, 0.3) is 0 Å². The number of rotatable bonds is 3. The van der Waals surface area contributed by atoms with Crippen molar-refractivity contribution in [1.82, 2.24) is 0 Å². The van der Waals surface area contributed by atoms with Crippen LogP contribution in [0.3, 0.4) is 0 Å². The van der Waals surface area contributed by atoms with E-state index >= 15 is 0 Å². The number of nitrogens with one attached hydrogen (secondary N) is 1. The minimum absolute atomic E-state index is 0.0185. The van der Waals surface area contributed by atoms with E-state index in [0.717, 1.165) is 21.3 Å². The monoisotopic (exact) mass is 331 g/mol. The minimum atomic E-state index is -0.579. The lowest BCUT2D eigenvalue weighted by molar-refractivity contribution is -0.120. The molecular formula is C17H18BrNO. The van der Waals surface area contributed by atoms with Gasteiger partial charge in [-0.05, 0) is 60.0 Å². The lowest BCUT2D eigenvalue weighted by Crippen LogP contribution is -2.34. The van der Waals surface area contributed by atoms with Gasteiger partial charge in [0, 0.05) is 4.47 Å². The summed E-state index contributed by atoms with van der Waals surface area (Å²) < 4.78 is 0.889. The highest BCUT2D eigenvalue weighted by Crippen LogP contribution is 2.28. The number of hydrogen-bond donors (Lipinski definition) is 1. The fraction of sp³-hybridized carbons (Fsp3) is 0.235. The van der Waals surface area contributed by atoms with E-state index in [-0.39, 0.29) is 5.91 Å². The van der Waals surface area contributed by atoms with E-state index in [2.05, 4.69) is 21.2 Å². The molecule has 3 heteroatoms. The SMILES string of the molecule is Cc1ccc(Br)c(NC(=O)C(C)(C)c2ccccc2)c1. The molecule has 0 unspecified atom stereocenters. The Hall–Kier alpha value is -1.61. The third-order valence-electron chi connectivity index (χ3n) is 3.43. The number of benzene rings is 2. The van der Waals surface area contributed by atoms with Gasteiger partial charge in [0.15, 0.2) is 0 Å². The van der Waals surface area contributed by atoms with Crippen molar-refractivity contribution in [2.45, 2.75) is 26.2 Å². The summed E-state index contributed by atoms with van der Waals surface area (Å²) in [4.78, 5) is 12.6. The van der Waals surface area contributed by atoms with Crippen molar-refractivity contribution in [3.8, 4) is 0 Å². The van der Waals surface area contributed by atoms with Gasteiger partial charge in [-0.25, -0.2) is 0 Å². The van der Waals surface area contributed by atoms with Crippen molar-refractivity contribution >= 4 is 27.5 Å². The zero-order chi connectivity index (χ0) is 14.8. The Morgan fingerprint density at radius 1 is 1.10 bits per heavy atom. The molecule has 2 nitrogen and oxygen atoms in total. The summed E-state index contributed by atoms with van der Waals surface area (Å²) in [6.07, 6.45) is 0. The average molecular weight is 332 g/mol. The van der Waals surface area contributed by atoms with Gasteiger partial charge in [-0.1, -0.05) is 36.4 Å². The smallest absolute Gasteiger partial charge is 0.234 e. The highest BCUT2D eigenvalue weighted by atomic mass is 79.9. The molecule has 0 heterocycles. The second-order valence-electron chi connectivity index (χ2n) is 5.43. The van der Waals surface area contributed by atoms with E-state index < -0.39 is 5.41 Å². The van der Waals surface area contributed by atoms with E-state index in [1.807, 2.05) is 69.3 Å². The maximum atomic E-state index is 12.6. The lowest BCUT2D eigenvalue weighted by atomic mass is 9.83. The van der Waals surface area contributed by atoms with Crippen LogP contribution in [-0.4, -0.2) is 5.91 Å². The molecule has 0 aromatic heterocycles. The van der Waals surface area contributed by atoms with Crippen molar-refractivity contribution in [3.63, 3.8) is 0 Å². The maximum absolute atomic E-state index is 12.6. The first kappa shape index (κ1) is 14.8. The maximum Gasteiger partial charge on any atom is 0.234 e. The molecule has 1 N–H and O–H groups in total. The Labute approximate surface area is 128 Å². The Bertz CT molecular complexity index is 620. The van der Waals surface area contributed by atoms with E-state index in [1.54, 1.807) is 0 Å². The van der Waals surface area contributed by atoms with E-state index in [4.69, 9.17) is 0 Å². The molecule has 0 saturated carbocycles. The fourth-order valence-corrected chi connectivity index (χ4v) is 2.35. The fourth-order valence-electron chi connectivity index (χ4n) is 2.00. The van der Waals surface area contributed by atoms with E-state index in [1.165, 1.54) is 0 Å². The zero-order valence-corrected chi connectivity index (χ0v) is 13.5. The molecule has 0 fully saturated rings. The van der Waals surface area contributed by atoms with Crippen LogP contribution >= 0.6 is 15.9 Å². The number of aryl methyl sites for hydroxylation is 1. The van der Waals surface area contributed by atoms with Crippen molar-refractivity contribution in [1.29, 1.82) is 0 Å². The van der Waals surface area contributed by atoms with Crippen LogP contribution in [-0.2, 0) is 10.2 Å². The zero-order valence-electron chi connectivity index (χ0n) is 11.9. The first-order valence-corrected chi connectivity index (χ1v) is 7.33. The summed E-state index contributed by atoms with van der Waals surface area (Å²) in [6, 6.07) is 15.7. The molecule has 20 heavy (non-hydrogen) atoms. The van der Waals surface area contributed by atoms with Crippen molar-refractivity contribution < 1.29 is 4.79 Å². The Kier molecular flexibility index (Phi) is 4.29. The topological polar surface area (TPSA) is 29.1 Å². The summed E-state index contributed by atoms with van der Waals surface area (Å²) in [5.41, 5.74) is 2.34. The molecule has 0 radical (unpaired) electrons. The number of halogens is 1. The summed E-state index contributed by atoms with van der Waals surface area (Å²) >= 11 is 3.47. The Morgan fingerprint density at radius 3 is 2.40 bits per heavy atom. The lowest BCUT2D eigenvalue weighted by Gasteiger charge is -2.24. The third-order valence-corrected chi connectivity index (χ3v) is 4.12. The standard InChI is InChI=1S/C17H18BrNO/c1-12-9-10-14(18)15(11-12)19-16(20)17(2,3)13-7-5-4-6-8-13/h4-11H,1-3H3,(H,19,20). The van der Waals surface area contributed by atoms with Crippen LogP contribution in [0.5, 0.6) is 0 Å². The van der Waals surface area contributed by atoms with Gasteiger partial charge >= 0.3 is 0 Å². The molecule has 0 bridgehead atoms. The quantitative estimate of drug-likeness (QED) is 0.869. The second kappa shape index (κ2) is 5.80. The number of amides is 1. The van der Waals surface area contributed by atoms with Crippen LogP contribution in [0.25, 0.3) is 0 Å². The molecule has 2 aromatic rings. The van der Waals surface area contributed by atoms with Crippen LogP contribution in [0.15, 0.2) is 53.0 Å². The van der Waals surface area contributed by atoms with Crippen LogP contribution in [0.1, 0.15) is 25.0 Å². The molecule has 104 valence electrons. The molecule has 0 aliphatic rings. The summed E-state index contributed by atoms with van der Waals surface area (Å²) in [5, 5.41) is 3.00. The number of hydrogen-bond acceptors (Lipinski definition) is 1. The number of carbonyl (C=O) groups excluding carboxylic acids is 1. The summed E-state index contributed by atoms with van der Waals surface area (Å²) in [6.45, 7) is 5.87. The van der Waals surface area contributed by atoms with Crippen molar-refractivity contribution in [2.75, 3.05) is 5.32 Å². The van der Waals surface area contributed by atoms with Crippen LogP contribution < -0.4 is 5.32 Å². The first-order chi connectivity index (χ1) is 9.41. The first-order valence-electron chi connectivity index (χ1n) is 6.54. The normalized spacial score (nSPS) is 11.2. The van der Waals surface area contributed by atoms with Crippen LogP contribution in [0.2, 0.25) is 0 Å². The largest absolute Gasteiger partial charge is 0.324 e. The van der Waals surface area contributed by atoms with Gasteiger partial charge in [0.1, 0.15) is 0 Å². The van der Waals surface area contributed by atoms with Gasteiger partial charge in [-0.15, -0.1) is 0 Å². The van der Waals surface area contributed by atoms with Crippen LogP contribution in [0, 0.1) is 6.92 Å². The molecular weight excluding hydrogens is 314 g/mol. The molecule has 2 rings (SSSR count). The number of anilines is 1. The Balaban J connectivity index is 2.26. The van der Waals surface area contributed by atoms with Crippen LogP contribution in [0.4, 0.5) is 5.69 Å². The van der Waals surface area contributed by atoms with Gasteiger partial charge in [0.05, 0.1) is 11.1 Å². The van der Waals surface area contributed by atoms with Crippen molar-refractivity contribution in [2.24, 2.45) is 0 Å². The van der Waals surface area contributed by atoms with E-state index in [0.29, 0.717) is 0 Å². The third kappa shape index (κ3) is 3.10. The highest BCUT2D eigenvalue weighted by molar-refractivity contribution is 9.10. The molecule has 2 aromatic carbocycles. The second-order valence-corrected chi connectivity index (χ2v) is 6.28. The highest BCUT2D eigenvalue weighted by Gasteiger charge is 2.29. The minimum Gasteiger partial charge on any atom is -0.324 e. The molecule has 1 amide bonds. The molecule has 0 atom stereocenters. The van der Waals surface area contributed by atoms with Gasteiger partial charge in [-0.3, -0.25) is 4.79 Å². The van der Waals surface area contributed by atoms with Gasteiger partial charge < -0.3 is 5.32 Å². The summed E-state index contributed by atoms with van der Waals surface area (Å²) in [5.74, 6) is -0.0185. The van der Waals surface area contributed by atoms with Gasteiger partial charge in [0.2, 0.25) is 5.91 Å². The predicted molar refractivity (Wildman–Crippen MR) is 87.0 cm³/mol. The van der Waals surface area contributed by atoms with Gasteiger partial charge in [-0.2, -0.15) is 0 Å².